The van der Waals surface area contributed by atoms with E-state index >= 15 is 0 Å². The molecular formula is C26H25F2N5O. The Morgan fingerprint density at radius 2 is 1.68 bits per heavy atom. The lowest BCUT2D eigenvalue weighted by atomic mass is 9.59. The van der Waals surface area contributed by atoms with E-state index < -0.39 is 6.55 Å². The van der Waals surface area contributed by atoms with Crippen LogP contribution in [0.15, 0.2) is 72.9 Å². The molecule has 2 aromatic carbocycles. The largest absolute Gasteiger partial charge is 0.487 e. The molecule has 0 radical (unpaired) electrons. The van der Waals surface area contributed by atoms with E-state index in [9.17, 15) is 8.78 Å². The smallest absolute Gasteiger partial charge is 0.336 e. The Morgan fingerprint density at radius 3 is 2.26 bits per heavy atom. The fraction of sp³-hybridized carbons (Fsp3) is 0.308. The highest BCUT2D eigenvalue weighted by Gasteiger charge is 2.41. The molecule has 0 bridgehead atoms. The molecule has 34 heavy (non-hydrogen) atoms. The lowest BCUT2D eigenvalue weighted by Crippen LogP contribution is -2.33. The first-order valence-corrected chi connectivity index (χ1v) is 11.3. The van der Waals surface area contributed by atoms with Gasteiger partial charge in [-0.2, -0.15) is 13.5 Å². The molecule has 1 fully saturated rings. The van der Waals surface area contributed by atoms with Crippen molar-refractivity contribution in [3.8, 4) is 17.1 Å². The first kappa shape index (κ1) is 22.1. The van der Waals surface area contributed by atoms with Crippen LogP contribution in [0.5, 0.6) is 5.75 Å². The van der Waals surface area contributed by atoms with Gasteiger partial charge < -0.3 is 4.74 Å². The van der Waals surface area contributed by atoms with Crippen LogP contribution < -0.4 is 4.74 Å². The molecule has 4 aromatic rings. The van der Waals surface area contributed by atoms with Crippen molar-refractivity contribution in [1.82, 2.24) is 25.2 Å². The quantitative estimate of drug-likeness (QED) is 0.320. The van der Waals surface area contributed by atoms with Crippen molar-refractivity contribution < 1.29 is 13.5 Å². The Bertz CT molecular complexity index is 1220. The van der Waals surface area contributed by atoms with Crippen LogP contribution in [0, 0.1) is 5.41 Å². The lowest BCUT2D eigenvalue weighted by Gasteiger charge is -2.46. The van der Waals surface area contributed by atoms with Crippen LogP contribution in [0.2, 0.25) is 0 Å². The van der Waals surface area contributed by atoms with Crippen molar-refractivity contribution in [3.63, 3.8) is 0 Å². The van der Waals surface area contributed by atoms with Crippen LogP contribution in [0.1, 0.15) is 55.5 Å². The Kier molecular flexibility index (Phi) is 6.04. The molecule has 0 amide bonds. The van der Waals surface area contributed by atoms with Gasteiger partial charge in [0.05, 0.1) is 5.69 Å². The van der Waals surface area contributed by atoms with Crippen molar-refractivity contribution >= 4 is 0 Å². The summed E-state index contributed by atoms with van der Waals surface area (Å²) in [4.78, 5) is 4.29. The summed E-state index contributed by atoms with van der Waals surface area (Å²) in [6.45, 7) is -0.0524. The second-order valence-corrected chi connectivity index (χ2v) is 8.97. The van der Waals surface area contributed by atoms with Gasteiger partial charge in [-0.3, -0.25) is 4.98 Å². The molecule has 2 heterocycles. The second kappa shape index (κ2) is 9.29. The number of ether oxygens (including phenoxy) is 1. The maximum Gasteiger partial charge on any atom is 0.336 e. The molecule has 2 aromatic heterocycles. The van der Waals surface area contributed by atoms with Crippen LogP contribution in [0.4, 0.5) is 8.78 Å². The fourth-order valence-electron chi connectivity index (χ4n) is 4.76. The lowest BCUT2D eigenvalue weighted by molar-refractivity contribution is 0.0564. The van der Waals surface area contributed by atoms with E-state index in [0.29, 0.717) is 16.9 Å². The molecule has 1 unspecified atom stereocenters. The van der Waals surface area contributed by atoms with Crippen molar-refractivity contribution in [1.29, 1.82) is 0 Å². The third-order valence-electron chi connectivity index (χ3n) is 6.70. The number of hydrogen-bond acceptors (Lipinski definition) is 5. The minimum absolute atomic E-state index is 0.0577. The number of alkyl halides is 2. The first-order valence-electron chi connectivity index (χ1n) is 11.3. The van der Waals surface area contributed by atoms with Crippen LogP contribution in [0.25, 0.3) is 11.4 Å². The number of aromatic nitrogens is 5. The SMILES string of the molecule is CC1(C(c2ccc(OCc3ccccn3)cc2)c2ccc(-c3nnnn3C(F)F)cc2)CCC1. The summed E-state index contributed by atoms with van der Waals surface area (Å²) in [5.74, 6) is 1.04. The molecular weight excluding hydrogens is 436 g/mol. The molecule has 1 saturated carbocycles. The minimum Gasteiger partial charge on any atom is -0.487 e. The number of pyridine rings is 1. The summed E-state index contributed by atoms with van der Waals surface area (Å²) >= 11 is 0. The second-order valence-electron chi connectivity index (χ2n) is 8.97. The van der Waals surface area contributed by atoms with E-state index in [-0.39, 0.29) is 17.2 Å². The van der Waals surface area contributed by atoms with Crippen LogP contribution >= 0.6 is 0 Å². The molecule has 6 nitrogen and oxygen atoms in total. The highest BCUT2D eigenvalue weighted by atomic mass is 19.3. The van der Waals surface area contributed by atoms with Crippen molar-refractivity contribution in [2.45, 2.75) is 45.3 Å². The van der Waals surface area contributed by atoms with Crippen molar-refractivity contribution in [3.05, 3.63) is 89.7 Å². The van der Waals surface area contributed by atoms with Gasteiger partial charge >= 0.3 is 6.55 Å². The van der Waals surface area contributed by atoms with Crippen molar-refractivity contribution in [2.75, 3.05) is 0 Å². The summed E-state index contributed by atoms with van der Waals surface area (Å²) in [5.41, 5.74) is 3.93. The third kappa shape index (κ3) is 4.40. The van der Waals surface area contributed by atoms with Gasteiger partial charge in [0, 0.05) is 17.7 Å². The van der Waals surface area contributed by atoms with Gasteiger partial charge in [-0.15, -0.1) is 5.10 Å². The molecule has 0 aliphatic heterocycles. The number of halogens is 2. The number of tetrazole rings is 1. The molecule has 5 rings (SSSR count). The fourth-order valence-corrected chi connectivity index (χ4v) is 4.76. The van der Waals surface area contributed by atoms with E-state index in [0.717, 1.165) is 29.8 Å². The average Bonchev–Trinajstić information content (AvgIpc) is 3.34. The van der Waals surface area contributed by atoms with Crippen LogP contribution in [-0.2, 0) is 6.61 Å². The van der Waals surface area contributed by atoms with Gasteiger partial charge in [-0.25, -0.2) is 0 Å². The predicted octanol–water partition coefficient (Wildman–Crippen LogP) is 6.03. The molecule has 0 spiro atoms. The van der Waals surface area contributed by atoms with Crippen LogP contribution in [0.3, 0.4) is 0 Å². The standard InChI is InChI=1S/C26H25F2N5O/c1-26(14-4-15-26)23(18-6-8-20(9-7-18)24-30-31-32-33(24)25(27)28)19-10-12-22(13-11-19)34-17-21-5-2-3-16-29-21/h2-3,5-13,16,23,25H,4,14-15,17H2,1H3. The number of rotatable bonds is 8. The van der Waals surface area contributed by atoms with Crippen LogP contribution in [-0.4, -0.2) is 25.2 Å². The first-order chi connectivity index (χ1) is 16.5. The average molecular weight is 462 g/mol. The Labute approximate surface area is 196 Å². The maximum atomic E-state index is 13.2. The van der Waals surface area contributed by atoms with E-state index in [1.807, 2.05) is 54.6 Å². The molecule has 1 atom stereocenters. The minimum atomic E-state index is -2.79. The number of hydrogen-bond donors (Lipinski definition) is 0. The molecule has 8 heteroatoms. The highest BCUT2D eigenvalue weighted by Crippen LogP contribution is 2.54. The zero-order chi connectivity index (χ0) is 23.5. The summed E-state index contributed by atoms with van der Waals surface area (Å²) < 4.78 is 32.8. The molecule has 174 valence electrons. The normalized spacial score (nSPS) is 15.6. The van der Waals surface area contributed by atoms with E-state index in [4.69, 9.17) is 4.74 Å². The van der Waals surface area contributed by atoms with Gasteiger partial charge in [0.15, 0.2) is 5.82 Å². The third-order valence-corrected chi connectivity index (χ3v) is 6.70. The molecule has 0 saturated heterocycles. The Morgan fingerprint density at radius 1 is 0.971 bits per heavy atom. The zero-order valence-corrected chi connectivity index (χ0v) is 18.8. The number of nitrogens with zero attached hydrogens (tertiary/aromatic N) is 5. The summed E-state index contributed by atoms with van der Waals surface area (Å²) in [5, 5.41) is 10.6. The molecule has 0 N–H and O–H groups in total. The topological polar surface area (TPSA) is 65.7 Å². The Balaban J connectivity index is 1.38. The molecule has 1 aliphatic carbocycles. The van der Waals surface area contributed by atoms with Gasteiger partial charge in [-0.05, 0) is 64.1 Å². The maximum absolute atomic E-state index is 13.2. The number of benzene rings is 2. The molecule has 1 aliphatic rings. The van der Waals surface area contributed by atoms with E-state index in [1.165, 1.54) is 12.0 Å². The monoisotopic (exact) mass is 461 g/mol. The summed E-state index contributed by atoms with van der Waals surface area (Å²) in [6.07, 6.45) is 5.24. The predicted molar refractivity (Wildman–Crippen MR) is 123 cm³/mol. The van der Waals surface area contributed by atoms with Crippen molar-refractivity contribution in [2.24, 2.45) is 5.41 Å². The zero-order valence-electron chi connectivity index (χ0n) is 18.8. The van der Waals surface area contributed by atoms with Gasteiger partial charge in [-0.1, -0.05) is 55.8 Å². The van der Waals surface area contributed by atoms with Gasteiger partial charge in [0.2, 0.25) is 0 Å². The highest BCUT2D eigenvalue weighted by molar-refractivity contribution is 5.56. The van der Waals surface area contributed by atoms with Gasteiger partial charge in [0.1, 0.15) is 12.4 Å². The van der Waals surface area contributed by atoms with E-state index in [2.05, 4.69) is 39.6 Å². The summed E-state index contributed by atoms with van der Waals surface area (Å²) in [7, 11) is 0. The Hall–Kier alpha value is -3.68. The van der Waals surface area contributed by atoms with Gasteiger partial charge in [0.25, 0.3) is 0 Å². The summed E-state index contributed by atoms with van der Waals surface area (Å²) in [6, 6.07) is 21.6. The van der Waals surface area contributed by atoms with E-state index in [1.54, 1.807) is 6.20 Å².